The fourth-order valence-electron chi connectivity index (χ4n) is 1.75. The second-order valence-electron chi connectivity index (χ2n) is 3.63. The second-order valence-corrected chi connectivity index (χ2v) is 5.40. The van der Waals surface area contributed by atoms with Crippen LogP contribution in [0.5, 0.6) is 5.75 Å². The van der Waals surface area contributed by atoms with Crippen LogP contribution < -0.4 is 9.64 Å². The van der Waals surface area contributed by atoms with Crippen LogP contribution in [0, 0.1) is 0 Å². The van der Waals surface area contributed by atoms with Crippen LogP contribution in [0.4, 0.5) is 5.69 Å². The lowest BCUT2D eigenvalue weighted by molar-refractivity contribution is -0.121. The van der Waals surface area contributed by atoms with Gasteiger partial charge in [-0.25, -0.2) is 0 Å². The van der Waals surface area contributed by atoms with Gasteiger partial charge in [0.2, 0.25) is 5.91 Å². The molecular weight excluding hydrogens is 354 g/mol. The summed E-state index contributed by atoms with van der Waals surface area (Å²) in [5.41, 5.74) is 0.603. The maximum atomic E-state index is 11.7. The number of carbonyl (C=O) groups is 2. The lowest BCUT2D eigenvalue weighted by atomic mass is 10.2. The molecule has 0 radical (unpaired) electrons. The predicted molar refractivity (Wildman–Crippen MR) is 70.4 cm³/mol. The minimum absolute atomic E-state index is 0.0361. The molecule has 6 heteroatoms. The highest BCUT2D eigenvalue weighted by atomic mass is 79.9. The first-order chi connectivity index (χ1) is 8.02. The largest absolute Gasteiger partial charge is 0.494 e. The standard InChI is InChI=1S/C11H9Br2NO3/c1-17-9-3-6(12)2-8(13)11(9)14-5-7(15)4-10(14)16/h2-3H,4-5H2,1H3. The molecule has 4 nitrogen and oxygen atoms in total. The third-order valence-corrected chi connectivity index (χ3v) is 3.53. The van der Waals surface area contributed by atoms with Crippen molar-refractivity contribution >= 4 is 49.2 Å². The van der Waals surface area contributed by atoms with Crippen LogP contribution in [0.3, 0.4) is 0 Å². The Morgan fingerprint density at radius 2 is 2.00 bits per heavy atom. The summed E-state index contributed by atoms with van der Waals surface area (Å²) in [4.78, 5) is 24.4. The van der Waals surface area contributed by atoms with E-state index in [-0.39, 0.29) is 24.7 Å². The lowest BCUT2D eigenvalue weighted by Crippen LogP contribution is -2.25. The first-order valence-corrected chi connectivity index (χ1v) is 6.46. The Balaban J connectivity index is 2.51. The predicted octanol–water partition coefficient (Wildman–Crippen LogP) is 2.53. The van der Waals surface area contributed by atoms with Crippen molar-refractivity contribution in [2.24, 2.45) is 0 Å². The third-order valence-electron chi connectivity index (χ3n) is 2.47. The Morgan fingerprint density at radius 1 is 1.29 bits per heavy atom. The van der Waals surface area contributed by atoms with E-state index < -0.39 is 0 Å². The maximum Gasteiger partial charge on any atom is 0.235 e. The van der Waals surface area contributed by atoms with Gasteiger partial charge in [0.15, 0.2) is 5.78 Å². The van der Waals surface area contributed by atoms with E-state index in [1.807, 2.05) is 6.07 Å². The van der Waals surface area contributed by atoms with Crippen LogP contribution in [0.2, 0.25) is 0 Å². The molecule has 0 unspecified atom stereocenters. The van der Waals surface area contributed by atoms with Crippen molar-refractivity contribution in [1.82, 2.24) is 0 Å². The Bertz CT molecular complexity index is 502. The fraction of sp³-hybridized carbons (Fsp3) is 0.273. The number of ether oxygens (including phenoxy) is 1. The highest BCUT2D eigenvalue weighted by molar-refractivity contribution is 9.11. The summed E-state index contributed by atoms with van der Waals surface area (Å²) in [7, 11) is 1.53. The molecule has 0 spiro atoms. The lowest BCUT2D eigenvalue weighted by Gasteiger charge is -2.20. The highest BCUT2D eigenvalue weighted by Gasteiger charge is 2.31. The summed E-state index contributed by atoms with van der Waals surface area (Å²) in [6.07, 6.45) is -0.0361. The normalized spacial score (nSPS) is 15.6. The molecule has 1 saturated heterocycles. The van der Waals surface area contributed by atoms with Crippen molar-refractivity contribution in [2.45, 2.75) is 6.42 Å². The summed E-state index contributed by atoms with van der Waals surface area (Å²) in [6, 6.07) is 3.57. The van der Waals surface area contributed by atoms with Crippen molar-refractivity contribution in [1.29, 1.82) is 0 Å². The molecule has 2 rings (SSSR count). The minimum atomic E-state index is -0.198. The van der Waals surface area contributed by atoms with Gasteiger partial charge in [-0.2, -0.15) is 0 Å². The second kappa shape index (κ2) is 4.78. The molecule has 90 valence electrons. The van der Waals surface area contributed by atoms with E-state index in [1.165, 1.54) is 12.0 Å². The number of methoxy groups -OCH3 is 1. The van der Waals surface area contributed by atoms with Gasteiger partial charge in [-0.15, -0.1) is 0 Å². The Kier molecular flexibility index (Phi) is 3.53. The number of rotatable bonds is 2. The van der Waals surface area contributed by atoms with E-state index >= 15 is 0 Å². The van der Waals surface area contributed by atoms with E-state index in [9.17, 15) is 9.59 Å². The summed E-state index contributed by atoms with van der Waals surface area (Å²) in [5.74, 6) is 0.275. The molecule has 1 aromatic carbocycles. The van der Waals surface area contributed by atoms with Crippen LogP contribution >= 0.6 is 31.9 Å². The molecule has 0 N–H and O–H groups in total. The van der Waals surface area contributed by atoms with Crippen molar-refractivity contribution < 1.29 is 14.3 Å². The van der Waals surface area contributed by atoms with Crippen LogP contribution in [-0.4, -0.2) is 25.3 Å². The number of Topliss-reactive ketones (excluding diaryl/α,β-unsaturated/α-hetero) is 1. The summed E-state index contributed by atoms with van der Waals surface area (Å²) < 4.78 is 6.79. The van der Waals surface area contributed by atoms with Crippen LogP contribution in [0.15, 0.2) is 21.1 Å². The first kappa shape index (κ1) is 12.6. The van der Waals surface area contributed by atoms with Gasteiger partial charge in [-0.05, 0) is 28.1 Å². The summed E-state index contributed by atoms with van der Waals surface area (Å²) >= 11 is 6.72. The molecular formula is C11H9Br2NO3. The van der Waals surface area contributed by atoms with E-state index in [0.717, 1.165) is 4.47 Å². The number of nitrogens with zero attached hydrogens (tertiary/aromatic N) is 1. The number of hydrogen-bond acceptors (Lipinski definition) is 3. The number of benzene rings is 1. The zero-order valence-electron chi connectivity index (χ0n) is 9.00. The molecule has 1 aliphatic heterocycles. The quantitative estimate of drug-likeness (QED) is 0.759. The molecule has 0 atom stereocenters. The first-order valence-electron chi connectivity index (χ1n) is 4.88. The topological polar surface area (TPSA) is 46.6 Å². The molecule has 0 bridgehead atoms. The van der Waals surface area contributed by atoms with Crippen LogP contribution in [-0.2, 0) is 9.59 Å². The van der Waals surface area contributed by atoms with Gasteiger partial charge in [-0.1, -0.05) is 15.9 Å². The number of hydrogen-bond donors (Lipinski definition) is 0. The molecule has 0 saturated carbocycles. The van der Waals surface area contributed by atoms with Crippen LogP contribution in [0.1, 0.15) is 6.42 Å². The zero-order chi connectivity index (χ0) is 12.6. The summed E-state index contributed by atoms with van der Waals surface area (Å²) in [6.45, 7) is 0.107. The van der Waals surface area contributed by atoms with Gasteiger partial charge < -0.3 is 9.64 Å². The average Bonchev–Trinajstić information content (AvgIpc) is 2.56. The minimum Gasteiger partial charge on any atom is -0.494 e. The van der Waals surface area contributed by atoms with Gasteiger partial charge in [0.05, 0.1) is 20.1 Å². The average molecular weight is 363 g/mol. The smallest absolute Gasteiger partial charge is 0.235 e. The number of amides is 1. The SMILES string of the molecule is COc1cc(Br)cc(Br)c1N1CC(=O)CC1=O. The number of ketones is 1. The molecule has 1 aliphatic rings. The van der Waals surface area contributed by atoms with E-state index in [4.69, 9.17) is 4.74 Å². The van der Waals surface area contributed by atoms with Gasteiger partial charge in [0, 0.05) is 8.95 Å². The molecule has 1 amide bonds. The maximum absolute atomic E-state index is 11.7. The Hall–Kier alpha value is -0.880. The van der Waals surface area contributed by atoms with E-state index in [2.05, 4.69) is 31.9 Å². The molecule has 1 aromatic rings. The number of carbonyl (C=O) groups excluding carboxylic acids is 2. The van der Waals surface area contributed by atoms with Gasteiger partial charge >= 0.3 is 0 Å². The number of halogens is 2. The van der Waals surface area contributed by atoms with Gasteiger partial charge in [0.1, 0.15) is 11.4 Å². The van der Waals surface area contributed by atoms with E-state index in [0.29, 0.717) is 15.9 Å². The van der Waals surface area contributed by atoms with Crippen molar-refractivity contribution in [2.75, 3.05) is 18.6 Å². The molecule has 0 aliphatic carbocycles. The summed E-state index contributed by atoms with van der Waals surface area (Å²) in [5, 5.41) is 0. The van der Waals surface area contributed by atoms with E-state index in [1.54, 1.807) is 6.07 Å². The number of anilines is 1. The van der Waals surface area contributed by atoms with Crippen molar-refractivity contribution in [3.05, 3.63) is 21.1 Å². The van der Waals surface area contributed by atoms with Gasteiger partial charge in [-0.3, -0.25) is 9.59 Å². The zero-order valence-corrected chi connectivity index (χ0v) is 12.2. The van der Waals surface area contributed by atoms with Gasteiger partial charge in [0.25, 0.3) is 0 Å². The van der Waals surface area contributed by atoms with Crippen molar-refractivity contribution in [3.63, 3.8) is 0 Å². The molecule has 0 aromatic heterocycles. The Morgan fingerprint density at radius 3 is 2.53 bits per heavy atom. The highest BCUT2D eigenvalue weighted by Crippen LogP contribution is 2.40. The molecule has 17 heavy (non-hydrogen) atoms. The van der Waals surface area contributed by atoms with Crippen molar-refractivity contribution in [3.8, 4) is 5.75 Å². The molecule has 1 heterocycles. The third kappa shape index (κ3) is 2.37. The van der Waals surface area contributed by atoms with Crippen LogP contribution in [0.25, 0.3) is 0 Å². The monoisotopic (exact) mass is 361 g/mol. The fourth-order valence-corrected chi connectivity index (χ4v) is 3.15. The Labute approximate surface area is 115 Å². The molecule has 1 fully saturated rings.